The minimum absolute atomic E-state index is 0.0421. The number of rotatable bonds is 3. The Balaban J connectivity index is 2.11. The Morgan fingerprint density at radius 3 is 2.55 bits per heavy atom. The van der Waals surface area contributed by atoms with Crippen molar-refractivity contribution in [1.82, 2.24) is 18.9 Å². The molecule has 1 saturated heterocycles. The topological polar surface area (TPSA) is 168 Å². The van der Waals surface area contributed by atoms with Gasteiger partial charge in [0.1, 0.15) is 17.8 Å². The molecule has 3 atom stereocenters. The Kier molecular flexibility index (Phi) is 3.38. The van der Waals surface area contributed by atoms with Crippen LogP contribution in [0.15, 0.2) is 17.2 Å². The molecule has 0 bridgehead atoms. The van der Waals surface area contributed by atoms with Gasteiger partial charge in [0.25, 0.3) is 0 Å². The number of nitrogens with two attached hydrogens (primary N) is 1. The van der Waals surface area contributed by atoms with E-state index < -0.39 is 42.9 Å². The smallest absolute Gasteiger partial charge is 0.357 e. The van der Waals surface area contributed by atoms with E-state index in [2.05, 4.69) is 9.97 Å². The number of hydrogen-bond donors (Lipinski definition) is 5. The molecule has 1 aliphatic rings. The van der Waals surface area contributed by atoms with E-state index in [0.29, 0.717) is 0 Å². The summed E-state index contributed by atoms with van der Waals surface area (Å²) in [6.07, 6.45) is -1.43. The fourth-order valence-electron chi connectivity index (χ4n) is 2.52. The SMILES string of the molecule is Nc1nc(=O)n2ccn(C3OC(CO)(CO)C(O)C3O)c2n1. The molecule has 0 amide bonds. The van der Waals surface area contributed by atoms with Crippen LogP contribution in [-0.2, 0) is 4.74 Å². The van der Waals surface area contributed by atoms with Gasteiger partial charge in [-0.05, 0) is 0 Å². The summed E-state index contributed by atoms with van der Waals surface area (Å²) in [5.74, 6) is -0.214. The molecule has 1 fully saturated rings. The molecule has 0 saturated carbocycles. The summed E-state index contributed by atoms with van der Waals surface area (Å²) in [7, 11) is 0. The molecule has 0 aliphatic carbocycles. The van der Waals surface area contributed by atoms with Gasteiger partial charge in [0, 0.05) is 12.4 Å². The lowest BCUT2D eigenvalue weighted by Gasteiger charge is -2.27. The molecule has 11 nitrogen and oxygen atoms in total. The highest BCUT2D eigenvalue weighted by atomic mass is 16.6. The van der Waals surface area contributed by atoms with Crippen molar-refractivity contribution in [2.45, 2.75) is 24.0 Å². The van der Waals surface area contributed by atoms with Gasteiger partial charge in [-0.1, -0.05) is 0 Å². The maximum absolute atomic E-state index is 11.7. The first-order chi connectivity index (χ1) is 10.4. The third-order valence-electron chi connectivity index (χ3n) is 3.77. The molecule has 6 N–H and O–H groups in total. The lowest BCUT2D eigenvalue weighted by molar-refractivity contribution is -0.149. The molecular weight excluding hydrogens is 298 g/mol. The largest absolute Gasteiger partial charge is 0.393 e. The number of aromatic nitrogens is 4. The van der Waals surface area contributed by atoms with Crippen LogP contribution in [0, 0.1) is 0 Å². The Morgan fingerprint density at radius 1 is 1.27 bits per heavy atom. The summed E-state index contributed by atoms with van der Waals surface area (Å²) in [4.78, 5) is 19.1. The van der Waals surface area contributed by atoms with Crippen LogP contribution in [0.5, 0.6) is 0 Å². The van der Waals surface area contributed by atoms with Crippen LogP contribution >= 0.6 is 0 Å². The monoisotopic (exact) mass is 313 g/mol. The normalized spacial score (nSPS) is 27.5. The van der Waals surface area contributed by atoms with Crippen LogP contribution in [-0.4, -0.2) is 70.4 Å². The summed E-state index contributed by atoms with van der Waals surface area (Å²) in [6.45, 7) is -1.40. The second kappa shape index (κ2) is 5.00. The second-order valence-corrected chi connectivity index (χ2v) is 5.06. The molecule has 2 aromatic rings. The molecular formula is C11H15N5O6. The number of hydrogen-bond acceptors (Lipinski definition) is 9. The number of ether oxygens (including phenoxy) is 1. The van der Waals surface area contributed by atoms with Crippen molar-refractivity contribution in [3.05, 3.63) is 22.9 Å². The van der Waals surface area contributed by atoms with Gasteiger partial charge in [-0.15, -0.1) is 0 Å². The number of fused-ring (bicyclic) bond motifs is 1. The van der Waals surface area contributed by atoms with Crippen molar-refractivity contribution >= 4 is 11.7 Å². The highest BCUT2D eigenvalue weighted by Gasteiger charge is 2.54. The van der Waals surface area contributed by atoms with Gasteiger partial charge in [0.15, 0.2) is 6.23 Å². The minimum atomic E-state index is -1.72. The molecule has 0 spiro atoms. The van der Waals surface area contributed by atoms with Gasteiger partial charge in [-0.2, -0.15) is 9.97 Å². The molecule has 3 rings (SSSR count). The zero-order valence-corrected chi connectivity index (χ0v) is 11.3. The van der Waals surface area contributed by atoms with E-state index in [4.69, 9.17) is 10.5 Å². The second-order valence-electron chi connectivity index (χ2n) is 5.06. The Bertz CT molecular complexity index is 753. The maximum atomic E-state index is 11.7. The molecule has 0 radical (unpaired) electrons. The van der Waals surface area contributed by atoms with Gasteiger partial charge in [-0.3, -0.25) is 4.57 Å². The predicted octanol–water partition coefficient (Wildman–Crippen LogP) is -3.55. The van der Waals surface area contributed by atoms with E-state index in [-0.39, 0.29) is 11.7 Å². The summed E-state index contributed by atoms with van der Waals surface area (Å²) in [6, 6.07) is 0. The van der Waals surface area contributed by atoms with Crippen LogP contribution in [0.4, 0.5) is 5.95 Å². The summed E-state index contributed by atoms with van der Waals surface area (Å²) in [5, 5.41) is 38.9. The number of aliphatic hydroxyl groups is 4. The third kappa shape index (κ3) is 1.91. The van der Waals surface area contributed by atoms with E-state index in [9.17, 15) is 25.2 Å². The van der Waals surface area contributed by atoms with E-state index in [1.165, 1.54) is 17.0 Å². The van der Waals surface area contributed by atoms with Crippen LogP contribution < -0.4 is 11.4 Å². The first-order valence-electron chi connectivity index (χ1n) is 6.42. The van der Waals surface area contributed by atoms with Gasteiger partial charge < -0.3 is 30.9 Å². The maximum Gasteiger partial charge on any atom is 0.357 e. The molecule has 0 aromatic carbocycles. The molecule has 2 aromatic heterocycles. The number of imidazole rings is 1. The quantitative estimate of drug-likeness (QED) is 0.385. The van der Waals surface area contributed by atoms with Gasteiger partial charge >= 0.3 is 5.69 Å². The van der Waals surface area contributed by atoms with E-state index in [1.807, 2.05) is 0 Å². The predicted molar refractivity (Wildman–Crippen MR) is 70.7 cm³/mol. The van der Waals surface area contributed by atoms with Gasteiger partial charge in [0.2, 0.25) is 11.7 Å². The average Bonchev–Trinajstić information content (AvgIpc) is 3.01. The van der Waals surface area contributed by atoms with Gasteiger partial charge in [-0.25, -0.2) is 9.20 Å². The fourth-order valence-corrected chi connectivity index (χ4v) is 2.52. The number of nitrogen functional groups attached to an aromatic ring is 1. The van der Waals surface area contributed by atoms with Crippen molar-refractivity contribution in [2.24, 2.45) is 0 Å². The van der Waals surface area contributed by atoms with Gasteiger partial charge in [0.05, 0.1) is 13.2 Å². The molecule has 120 valence electrons. The fraction of sp³-hybridized carbons (Fsp3) is 0.545. The van der Waals surface area contributed by atoms with E-state index >= 15 is 0 Å². The van der Waals surface area contributed by atoms with Crippen LogP contribution in [0.1, 0.15) is 6.23 Å². The first-order valence-corrected chi connectivity index (χ1v) is 6.42. The summed E-state index contributed by atoms with van der Waals surface area (Å²) in [5.41, 5.74) is 3.06. The first kappa shape index (κ1) is 14.9. The minimum Gasteiger partial charge on any atom is -0.393 e. The van der Waals surface area contributed by atoms with Crippen molar-refractivity contribution in [3.63, 3.8) is 0 Å². The zero-order chi connectivity index (χ0) is 16.1. The number of aliphatic hydroxyl groups excluding tert-OH is 4. The van der Waals surface area contributed by atoms with Crippen molar-refractivity contribution < 1.29 is 25.2 Å². The Morgan fingerprint density at radius 2 is 1.95 bits per heavy atom. The lowest BCUT2D eigenvalue weighted by atomic mass is 9.97. The molecule has 3 unspecified atom stereocenters. The van der Waals surface area contributed by atoms with E-state index in [1.54, 1.807) is 0 Å². The number of anilines is 1. The van der Waals surface area contributed by atoms with Crippen molar-refractivity contribution in [3.8, 4) is 0 Å². The summed E-state index contributed by atoms with van der Waals surface area (Å²) >= 11 is 0. The Hall–Kier alpha value is -2.05. The van der Waals surface area contributed by atoms with Crippen LogP contribution in [0.25, 0.3) is 5.78 Å². The van der Waals surface area contributed by atoms with Crippen LogP contribution in [0.3, 0.4) is 0 Å². The highest BCUT2D eigenvalue weighted by Crippen LogP contribution is 2.37. The lowest BCUT2D eigenvalue weighted by Crippen LogP contribution is -2.49. The molecule has 22 heavy (non-hydrogen) atoms. The average molecular weight is 313 g/mol. The van der Waals surface area contributed by atoms with Crippen molar-refractivity contribution in [1.29, 1.82) is 0 Å². The number of nitrogens with zero attached hydrogens (tertiary/aromatic N) is 4. The van der Waals surface area contributed by atoms with Crippen molar-refractivity contribution in [2.75, 3.05) is 18.9 Å². The van der Waals surface area contributed by atoms with E-state index in [0.717, 1.165) is 4.40 Å². The summed E-state index contributed by atoms with van der Waals surface area (Å²) < 4.78 is 7.79. The standard InChI is InChI=1S/C11H15N5O6/c12-8-13-9-15(1-2-16(9)10(21)14-8)7-5(19)6(20)11(3-17,4-18)22-7/h1-2,5-7,17-20H,3-4H2,(H2,12,14,21). The zero-order valence-electron chi connectivity index (χ0n) is 11.3. The highest BCUT2D eigenvalue weighted by molar-refractivity contribution is 5.35. The molecule has 3 heterocycles. The molecule has 11 heteroatoms. The third-order valence-corrected chi connectivity index (χ3v) is 3.77. The van der Waals surface area contributed by atoms with Crippen LogP contribution in [0.2, 0.25) is 0 Å². The molecule has 1 aliphatic heterocycles. The Labute approximate surface area is 122 Å².